The van der Waals surface area contributed by atoms with Crippen molar-refractivity contribution in [3.63, 3.8) is 0 Å². The normalized spacial score (nSPS) is 20.6. The Bertz CT molecular complexity index is 652. The van der Waals surface area contributed by atoms with Gasteiger partial charge in [-0.15, -0.1) is 6.58 Å². The van der Waals surface area contributed by atoms with Gasteiger partial charge >= 0.3 is 0 Å². The zero-order valence-electron chi connectivity index (χ0n) is 12.1. The summed E-state index contributed by atoms with van der Waals surface area (Å²) >= 11 is 0. The molecule has 105 valence electrons. The van der Waals surface area contributed by atoms with Crippen LogP contribution in [-0.2, 0) is 12.8 Å². The van der Waals surface area contributed by atoms with E-state index in [9.17, 15) is 0 Å². The second-order valence-electron chi connectivity index (χ2n) is 5.83. The average Bonchev–Trinajstić information content (AvgIpc) is 3.13. The molecule has 4 rings (SSSR count). The highest BCUT2D eigenvalue weighted by atomic mass is 15.2. The highest BCUT2D eigenvalue weighted by molar-refractivity contribution is 5.60. The first kappa shape index (κ1) is 12.5. The molecule has 0 saturated heterocycles. The predicted molar refractivity (Wildman–Crippen MR) is 87.2 cm³/mol. The molecular weight excluding hydrogens is 256 g/mol. The third-order valence-corrected chi connectivity index (χ3v) is 4.64. The SMILES string of the molecule is C=CC(C1Cc2ccccc2[N]1)N1CCc2ccccc21. The number of benzene rings is 2. The van der Waals surface area contributed by atoms with Crippen molar-refractivity contribution in [1.29, 1.82) is 0 Å². The predicted octanol–water partition coefficient (Wildman–Crippen LogP) is 3.46. The Labute approximate surface area is 126 Å². The summed E-state index contributed by atoms with van der Waals surface area (Å²) in [7, 11) is 0. The molecule has 2 unspecified atom stereocenters. The monoisotopic (exact) mass is 275 g/mol. The van der Waals surface area contributed by atoms with E-state index in [4.69, 9.17) is 5.32 Å². The van der Waals surface area contributed by atoms with Crippen LogP contribution in [0.15, 0.2) is 61.2 Å². The van der Waals surface area contributed by atoms with Crippen LogP contribution < -0.4 is 10.2 Å². The van der Waals surface area contributed by atoms with E-state index >= 15 is 0 Å². The summed E-state index contributed by atoms with van der Waals surface area (Å²) in [5.74, 6) is 0. The van der Waals surface area contributed by atoms with Crippen molar-refractivity contribution < 1.29 is 0 Å². The van der Waals surface area contributed by atoms with Crippen LogP contribution >= 0.6 is 0 Å². The summed E-state index contributed by atoms with van der Waals surface area (Å²) in [6, 6.07) is 17.7. The van der Waals surface area contributed by atoms with Gasteiger partial charge in [0.15, 0.2) is 0 Å². The molecule has 2 aliphatic heterocycles. The van der Waals surface area contributed by atoms with Crippen molar-refractivity contribution in [2.75, 3.05) is 11.4 Å². The van der Waals surface area contributed by atoms with E-state index in [-0.39, 0.29) is 12.1 Å². The maximum absolute atomic E-state index is 4.93. The second kappa shape index (κ2) is 4.96. The number of hydrogen-bond acceptors (Lipinski definition) is 1. The van der Waals surface area contributed by atoms with Crippen LogP contribution in [0.2, 0.25) is 0 Å². The van der Waals surface area contributed by atoms with Gasteiger partial charge in [-0.05, 0) is 36.1 Å². The summed E-state index contributed by atoms with van der Waals surface area (Å²) in [5, 5.41) is 4.93. The Morgan fingerprint density at radius 1 is 1.10 bits per heavy atom. The van der Waals surface area contributed by atoms with Gasteiger partial charge in [-0.2, -0.15) is 0 Å². The Balaban J connectivity index is 1.62. The molecule has 0 aliphatic carbocycles. The summed E-state index contributed by atoms with van der Waals surface area (Å²) < 4.78 is 0. The Morgan fingerprint density at radius 2 is 1.86 bits per heavy atom. The molecule has 2 heteroatoms. The molecule has 0 spiro atoms. The van der Waals surface area contributed by atoms with E-state index in [1.54, 1.807) is 0 Å². The quantitative estimate of drug-likeness (QED) is 0.784. The van der Waals surface area contributed by atoms with Crippen LogP contribution in [0, 0.1) is 0 Å². The van der Waals surface area contributed by atoms with E-state index in [2.05, 4.69) is 66.1 Å². The molecule has 0 N–H and O–H groups in total. The average molecular weight is 275 g/mol. The molecule has 1 radical (unpaired) electrons. The van der Waals surface area contributed by atoms with E-state index in [1.165, 1.54) is 16.8 Å². The molecule has 0 fully saturated rings. The van der Waals surface area contributed by atoms with E-state index in [0.29, 0.717) is 0 Å². The molecule has 21 heavy (non-hydrogen) atoms. The van der Waals surface area contributed by atoms with Crippen molar-refractivity contribution in [1.82, 2.24) is 5.32 Å². The molecule has 0 amide bonds. The summed E-state index contributed by atoms with van der Waals surface area (Å²) in [6.07, 6.45) is 4.22. The van der Waals surface area contributed by atoms with Crippen molar-refractivity contribution in [2.24, 2.45) is 0 Å². The van der Waals surface area contributed by atoms with Crippen LogP contribution in [0.5, 0.6) is 0 Å². The lowest BCUT2D eigenvalue weighted by Gasteiger charge is -2.31. The molecule has 2 atom stereocenters. The van der Waals surface area contributed by atoms with E-state index in [1.807, 2.05) is 0 Å². The first-order chi connectivity index (χ1) is 10.4. The molecule has 0 bridgehead atoms. The summed E-state index contributed by atoms with van der Waals surface area (Å²) in [5.41, 5.74) is 5.32. The highest BCUT2D eigenvalue weighted by Gasteiger charge is 2.34. The number of anilines is 1. The largest absolute Gasteiger partial charge is 0.362 e. The van der Waals surface area contributed by atoms with Crippen LogP contribution in [0.25, 0.3) is 0 Å². The summed E-state index contributed by atoms with van der Waals surface area (Å²) in [6.45, 7) is 5.15. The fraction of sp³-hybridized carbons (Fsp3) is 0.263. The number of para-hydroxylation sites is 2. The molecule has 0 saturated carbocycles. The molecule has 0 aromatic heterocycles. The second-order valence-corrected chi connectivity index (χ2v) is 5.83. The van der Waals surface area contributed by atoms with Crippen molar-refractivity contribution >= 4 is 11.4 Å². The zero-order valence-corrected chi connectivity index (χ0v) is 12.1. The first-order valence-electron chi connectivity index (χ1n) is 7.62. The lowest BCUT2D eigenvalue weighted by Crippen LogP contribution is -2.44. The molecule has 2 heterocycles. The minimum Gasteiger partial charge on any atom is -0.362 e. The van der Waals surface area contributed by atoms with Crippen LogP contribution in [0.1, 0.15) is 11.1 Å². The fourth-order valence-electron chi connectivity index (χ4n) is 3.62. The zero-order chi connectivity index (χ0) is 14.2. The molecule has 2 aromatic carbocycles. The summed E-state index contributed by atoms with van der Waals surface area (Å²) in [4.78, 5) is 2.47. The van der Waals surface area contributed by atoms with Crippen molar-refractivity contribution in [3.8, 4) is 0 Å². The number of hydrogen-bond donors (Lipinski definition) is 0. The van der Waals surface area contributed by atoms with Gasteiger partial charge < -0.3 is 4.90 Å². The smallest absolute Gasteiger partial charge is 0.0787 e. The van der Waals surface area contributed by atoms with E-state index < -0.39 is 0 Å². The van der Waals surface area contributed by atoms with Gasteiger partial charge in [0.1, 0.15) is 0 Å². The fourth-order valence-corrected chi connectivity index (χ4v) is 3.62. The van der Waals surface area contributed by atoms with Crippen LogP contribution in [-0.4, -0.2) is 18.6 Å². The first-order valence-corrected chi connectivity index (χ1v) is 7.62. The molecular formula is C19H19N2. The van der Waals surface area contributed by atoms with Crippen LogP contribution in [0.3, 0.4) is 0 Å². The van der Waals surface area contributed by atoms with Gasteiger partial charge in [-0.25, -0.2) is 0 Å². The number of nitrogens with zero attached hydrogens (tertiary/aromatic N) is 2. The van der Waals surface area contributed by atoms with Gasteiger partial charge in [0.05, 0.1) is 17.8 Å². The van der Waals surface area contributed by atoms with Gasteiger partial charge in [-0.3, -0.25) is 5.32 Å². The van der Waals surface area contributed by atoms with Gasteiger partial charge in [0.2, 0.25) is 0 Å². The van der Waals surface area contributed by atoms with Crippen LogP contribution in [0.4, 0.5) is 11.4 Å². The third-order valence-electron chi connectivity index (χ3n) is 4.64. The topological polar surface area (TPSA) is 17.3 Å². The minimum absolute atomic E-state index is 0.279. The molecule has 2 nitrogen and oxygen atoms in total. The molecule has 2 aliphatic rings. The lowest BCUT2D eigenvalue weighted by molar-refractivity contribution is 0.527. The Hall–Kier alpha value is -2.22. The maximum Gasteiger partial charge on any atom is 0.0787 e. The van der Waals surface area contributed by atoms with Crippen molar-refractivity contribution in [2.45, 2.75) is 24.9 Å². The highest BCUT2D eigenvalue weighted by Crippen LogP contribution is 2.34. The lowest BCUT2D eigenvalue weighted by atomic mass is 10.0. The minimum atomic E-state index is 0.279. The van der Waals surface area contributed by atoms with Gasteiger partial charge in [0.25, 0.3) is 0 Å². The van der Waals surface area contributed by atoms with Gasteiger partial charge in [-0.1, -0.05) is 42.5 Å². The number of rotatable bonds is 3. The standard InChI is InChI=1S/C19H19N2/c1-2-18(17-13-15-8-3-5-9-16(15)20-17)21-12-11-14-7-4-6-10-19(14)21/h2-10,17-18H,1,11-13H2. The maximum atomic E-state index is 4.93. The Kier molecular flexibility index (Phi) is 2.95. The van der Waals surface area contributed by atoms with E-state index in [0.717, 1.165) is 25.1 Å². The van der Waals surface area contributed by atoms with Crippen molar-refractivity contribution in [3.05, 3.63) is 72.3 Å². The van der Waals surface area contributed by atoms with Gasteiger partial charge in [0, 0.05) is 12.2 Å². The Morgan fingerprint density at radius 3 is 2.67 bits per heavy atom. The third kappa shape index (κ3) is 2.02. The molecule has 2 aromatic rings. The number of fused-ring (bicyclic) bond motifs is 2.